The highest BCUT2D eigenvalue weighted by Gasteiger charge is 2.19. The average molecular weight is 1070 g/mol. The molecule has 0 aromatic heterocycles. The molecule has 6 nitrogen and oxygen atoms in total. The van der Waals surface area contributed by atoms with Gasteiger partial charge in [0.25, 0.3) is 0 Å². The summed E-state index contributed by atoms with van der Waals surface area (Å²) >= 11 is 0. The Bertz CT molecular complexity index is 1560. The molecule has 0 heterocycles. The average Bonchev–Trinajstić information content (AvgIpc) is 3.43. The number of hydrogen-bond acceptors (Lipinski definition) is 6. The third kappa shape index (κ3) is 62.8. The number of carbonyl (C=O) groups excluding carboxylic acids is 3. The van der Waals surface area contributed by atoms with E-state index in [1.165, 1.54) is 135 Å². The number of hydrogen-bond donors (Lipinski definition) is 0. The number of carbonyl (C=O) groups is 3. The number of allylic oxidation sites excluding steroid dienone is 18. The number of rotatable bonds is 58. The first kappa shape index (κ1) is 73.1. The van der Waals surface area contributed by atoms with Crippen molar-refractivity contribution in [2.24, 2.45) is 0 Å². The van der Waals surface area contributed by atoms with Gasteiger partial charge in [0.05, 0.1) is 0 Å². The molecular weight excluding hydrogens is 949 g/mol. The maximum Gasteiger partial charge on any atom is 0.306 e. The Hall–Kier alpha value is -3.93. The van der Waals surface area contributed by atoms with Gasteiger partial charge in [0.1, 0.15) is 13.2 Å². The predicted octanol–water partition coefficient (Wildman–Crippen LogP) is 22.2. The van der Waals surface area contributed by atoms with Crippen LogP contribution in [0.5, 0.6) is 0 Å². The van der Waals surface area contributed by atoms with E-state index in [1.54, 1.807) is 0 Å². The van der Waals surface area contributed by atoms with Crippen LogP contribution in [-0.2, 0) is 28.6 Å². The molecule has 0 saturated heterocycles. The van der Waals surface area contributed by atoms with Crippen LogP contribution in [0.25, 0.3) is 0 Å². The van der Waals surface area contributed by atoms with Crippen LogP contribution >= 0.6 is 0 Å². The highest BCUT2D eigenvalue weighted by atomic mass is 16.6. The lowest BCUT2D eigenvalue weighted by Gasteiger charge is -2.18. The SMILES string of the molecule is CC/C=C\C/C=C\C/C=C\C/C=C\C/C=C\C/C=C\C/C=C\CCCCCC(=O)OC(COC(=O)CCCCCCC)COC(=O)CCCCCCCCCCCCCCCCCCC/C=C\C/C=C\CCCCCCC. The Balaban J connectivity index is 4.09. The van der Waals surface area contributed by atoms with Crippen molar-refractivity contribution in [2.75, 3.05) is 13.2 Å². The van der Waals surface area contributed by atoms with E-state index in [-0.39, 0.29) is 37.5 Å². The van der Waals surface area contributed by atoms with Gasteiger partial charge >= 0.3 is 17.9 Å². The predicted molar refractivity (Wildman–Crippen MR) is 334 cm³/mol. The zero-order valence-corrected chi connectivity index (χ0v) is 50.4. The maximum absolute atomic E-state index is 12.8. The molecule has 0 rings (SSSR count). The van der Waals surface area contributed by atoms with E-state index in [0.29, 0.717) is 12.8 Å². The lowest BCUT2D eigenvalue weighted by molar-refractivity contribution is -0.167. The molecule has 0 aromatic carbocycles. The van der Waals surface area contributed by atoms with Gasteiger partial charge in [0.2, 0.25) is 0 Å². The zero-order valence-electron chi connectivity index (χ0n) is 50.4. The molecule has 0 spiro atoms. The van der Waals surface area contributed by atoms with Crippen LogP contribution in [0.4, 0.5) is 0 Å². The Morgan fingerprint density at radius 2 is 0.506 bits per heavy atom. The lowest BCUT2D eigenvalue weighted by atomic mass is 10.0. The van der Waals surface area contributed by atoms with Gasteiger partial charge in [-0.15, -0.1) is 0 Å². The van der Waals surface area contributed by atoms with Crippen LogP contribution in [0.3, 0.4) is 0 Å². The van der Waals surface area contributed by atoms with Gasteiger partial charge in [-0.1, -0.05) is 284 Å². The fourth-order valence-electron chi connectivity index (χ4n) is 8.92. The van der Waals surface area contributed by atoms with Crippen molar-refractivity contribution in [3.63, 3.8) is 0 Å². The second-order valence-electron chi connectivity index (χ2n) is 21.3. The summed E-state index contributed by atoms with van der Waals surface area (Å²) in [6.07, 6.45) is 88.7. The largest absolute Gasteiger partial charge is 0.462 e. The van der Waals surface area contributed by atoms with Gasteiger partial charge in [-0.25, -0.2) is 0 Å². The zero-order chi connectivity index (χ0) is 55.7. The maximum atomic E-state index is 12.8. The van der Waals surface area contributed by atoms with Gasteiger partial charge in [-0.3, -0.25) is 14.4 Å². The first-order valence-corrected chi connectivity index (χ1v) is 32.4. The molecule has 0 radical (unpaired) electrons. The third-order valence-corrected chi connectivity index (χ3v) is 13.8. The van der Waals surface area contributed by atoms with Gasteiger partial charge in [0.15, 0.2) is 6.10 Å². The van der Waals surface area contributed by atoms with Gasteiger partial charge in [-0.05, 0) is 109 Å². The van der Waals surface area contributed by atoms with E-state index in [0.717, 1.165) is 128 Å². The van der Waals surface area contributed by atoms with Gasteiger partial charge in [0, 0.05) is 19.3 Å². The minimum Gasteiger partial charge on any atom is -0.462 e. The first-order chi connectivity index (χ1) is 38.0. The molecule has 1 unspecified atom stereocenters. The second-order valence-corrected chi connectivity index (χ2v) is 21.3. The highest BCUT2D eigenvalue weighted by molar-refractivity contribution is 5.71. The molecule has 6 heteroatoms. The minimum absolute atomic E-state index is 0.0911. The van der Waals surface area contributed by atoms with Crippen LogP contribution < -0.4 is 0 Å². The normalized spacial score (nSPS) is 12.8. The summed E-state index contributed by atoms with van der Waals surface area (Å²) < 4.78 is 16.7. The van der Waals surface area contributed by atoms with Crippen LogP contribution in [0.2, 0.25) is 0 Å². The van der Waals surface area contributed by atoms with E-state index in [2.05, 4.69) is 130 Å². The summed E-state index contributed by atoms with van der Waals surface area (Å²) in [5.41, 5.74) is 0. The molecule has 0 fully saturated rings. The highest BCUT2D eigenvalue weighted by Crippen LogP contribution is 2.16. The summed E-state index contributed by atoms with van der Waals surface area (Å²) in [5.74, 6) is -0.933. The summed E-state index contributed by atoms with van der Waals surface area (Å²) in [6, 6.07) is 0. The quantitative estimate of drug-likeness (QED) is 0.0261. The Labute approximate surface area is 476 Å². The Morgan fingerprint density at radius 3 is 0.805 bits per heavy atom. The smallest absolute Gasteiger partial charge is 0.306 e. The monoisotopic (exact) mass is 1070 g/mol. The molecule has 0 saturated carbocycles. The molecule has 0 aliphatic rings. The molecular formula is C71H120O6. The van der Waals surface area contributed by atoms with Gasteiger partial charge < -0.3 is 14.2 Å². The molecule has 0 aromatic rings. The van der Waals surface area contributed by atoms with Crippen molar-refractivity contribution in [3.8, 4) is 0 Å². The van der Waals surface area contributed by atoms with Crippen LogP contribution in [0.1, 0.15) is 303 Å². The fourth-order valence-corrected chi connectivity index (χ4v) is 8.92. The molecule has 0 aliphatic carbocycles. The van der Waals surface area contributed by atoms with Crippen molar-refractivity contribution in [1.29, 1.82) is 0 Å². The molecule has 77 heavy (non-hydrogen) atoms. The molecule has 440 valence electrons. The van der Waals surface area contributed by atoms with Crippen LogP contribution in [-0.4, -0.2) is 37.2 Å². The van der Waals surface area contributed by atoms with E-state index in [9.17, 15) is 14.4 Å². The first-order valence-electron chi connectivity index (χ1n) is 32.4. The van der Waals surface area contributed by atoms with Crippen molar-refractivity contribution in [3.05, 3.63) is 109 Å². The van der Waals surface area contributed by atoms with E-state index < -0.39 is 6.10 Å². The van der Waals surface area contributed by atoms with Crippen LogP contribution in [0, 0.1) is 0 Å². The standard InChI is InChI=1S/C71H120O6/c1-4-7-10-13-15-17-19-21-23-25-27-29-31-33-34-35-36-38-39-41-43-45-47-49-51-53-55-58-61-64-70(73)76-67-68(66-75-69(72)63-60-57-12-9-6-3)77-71(74)65-62-59-56-54-52-50-48-46-44-42-40-37-32-30-28-26-24-22-20-18-16-14-11-8-5-2/h8,11,16,18-19,21-22,24-25,27-28,30,37,40,44,46,50,52,68H,4-7,9-10,12-15,17,20,23,26,29,31-36,38-39,41-43,45,47-49,51,53-67H2,1-3H3/b11-8-,18-16-,21-19-,24-22-,27-25-,30-28-,40-37-,46-44-,52-50-. The van der Waals surface area contributed by atoms with Crippen LogP contribution in [0.15, 0.2) is 109 Å². The van der Waals surface area contributed by atoms with Crippen molar-refractivity contribution in [1.82, 2.24) is 0 Å². The summed E-state index contributed by atoms with van der Waals surface area (Å²) in [4.78, 5) is 37.9. The summed E-state index contributed by atoms with van der Waals surface area (Å²) in [6.45, 7) is 6.42. The second kappa shape index (κ2) is 64.6. The van der Waals surface area contributed by atoms with E-state index >= 15 is 0 Å². The third-order valence-electron chi connectivity index (χ3n) is 13.8. The van der Waals surface area contributed by atoms with Crippen molar-refractivity contribution >= 4 is 17.9 Å². The Morgan fingerprint density at radius 1 is 0.273 bits per heavy atom. The van der Waals surface area contributed by atoms with Crippen molar-refractivity contribution in [2.45, 2.75) is 309 Å². The molecule has 0 N–H and O–H groups in total. The number of ether oxygens (including phenoxy) is 3. The van der Waals surface area contributed by atoms with E-state index in [4.69, 9.17) is 14.2 Å². The molecule has 0 aliphatic heterocycles. The topological polar surface area (TPSA) is 78.9 Å². The molecule has 1 atom stereocenters. The lowest BCUT2D eigenvalue weighted by Crippen LogP contribution is -2.30. The summed E-state index contributed by atoms with van der Waals surface area (Å²) in [7, 11) is 0. The molecule has 0 bridgehead atoms. The van der Waals surface area contributed by atoms with Gasteiger partial charge in [-0.2, -0.15) is 0 Å². The number of unbranched alkanes of at least 4 members (excludes halogenated alkanes) is 29. The van der Waals surface area contributed by atoms with Crippen molar-refractivity contribution < 1.29 is 28.6 Å². The minimum atomic E-state index is -0.794. The Kier molecular flexibility index (Phi) is 61.3. The van der Waals surface area contributed by atoms with E-state index in [1.807, 2.05) is 0 Å². The number of esters is 3. The summed E-state index contributed by atoms with van der Waals surface area (Å²) in [5, 5.41) is 0. The molecule has 0 amide bonds. The fraction of sp³-hybridized carbons (Fsp3) is 0.704.